The molecule has 0 radical (unpaired) electrons. The van der Waals surface area contributed by atoms with E-state index in [1.807, 2.05) is 12.3 Å². The van der Waals surface area contributed by atoms with Crippen molar-refractivity contribution in [2.45, 2.75) is 19.3 Å². The lowest BCUT2D eigenvalue weighted by Crippen LogP contribution is -2.15. The highest BCUT2D eigenvalue weighted by atomic mass is 15.0. The van der Waals surface area contributed by atoms with Gasteiger partial charge < -0.3 is 4.57 Å². The summed E-state index contributed by atoms with van der Waals surface area (Å²) in [5, 5.41) is 9.69. The van der Waals surface area contributed by atoms with E-state index in [2.05, 4.69) is 182 Å². The topological polar surface area (TPSA) is 30.7 Å². The number of benzene rings is 8. The van der Waals surface area contributed by atoms with Gasteiger partial charge in [-0.15, -0.1) is 0 Å². The molecule has 3 aromatic heterocycles. The van der Waals surface area contributed by atoms with Crippen molar-refractivity contribution in [3.8, 4) is 39.2 Å². The molecular formula is C53H35N3. The first-order chi connectivity index (χ1) is 27.5. The van der Waals surface area contributed by atoms with Gasteiger partial charge in [-0.05, 0) is 103 Å². The molecule has 3 nitrogen and oxygen atoms in total. The maximum absolute atomic E-state index is 5.29. The van der Waals surface area contributed by atoms with E-state index in [-0.39, 0.29) is 5.41 Å². The number of para-hydroxylation sites is 2. The summed E-state index contributed by atoms with van der Waals surface area (Å²) in [6.07, 6.45) is 1.86. The van der Waals surface area contributed by atoms with Gasteiger partial charge in [0.1, 0.15) is 0 Å². The molecule has 12 rings (SSSR count). The summed E-state index contributed by atoms with van der Waals surface area (Å²) in [6.45, 7) is 4.79. The molecule has 1 aliphatic rings. The van der Waals surface area contributed by atoms with E-state index in [0.29, 0.717) is 0 Å². The Morgan fingerprint density at radius 1 is 0.446 bits per heavy atom. The number of hydrogen-bond acceptors (Lipinski definition) is 2. The van der Waals surface area contributed by atoms with Crippen LogP contribution in [-0.4, -0.2) is 14.5 Å². The molecule has 3 heterocycles. The summed E-state index contributed by atoms with van der Waals surface area (Å²) < 4.78 is 2.42. The molecule has 0 fully saturated rings. The first-order valence-electron chi connectivity index (χ1n) is 19.4. The average Bonchev–Trinajstić information content (AvgIpc) is 3.69. The molecule has 0 amide bonds. The van der Waals surface area contributed by atoms with Gasteiger partial charge in [0.2, 0.25) is 0 Å². The molecule has 0 saturated carbocycles. The van der Waals surface area contributed by atoms with Crippen LogP contribution in [0.15, 0.2) is 176 Å². The Hall–Kier alpha value is -7.10. The van der Waals surface area contributed by atoms with E-state index in [9.17, 15) is 0 Å². The molecule has 8 aromatic carbocycles. The van der Waals surface area contributed by atoms with Crippen molar-refractivity contribution < 1.29 is 0 Å². The SMILES string of the molecule is CC1(C)c2cc(-c3ccc(-c4ccc5ccc6cccnc6c5n4)c4ccc5ccccc5c34)ccc2-c2cc3c(cc21)c1ccccc1n3-c1ccccc1. The van der Waals surface area contributed by atoms with Crippen LogP contribution in [0.1, 0.15) is 25.0 Å². The molecule has 0 unspecified atom stereocenters. The zero-order chi connectivity index (χ0) is 37.1. The first-order valence-corrected chi connectivity index (χ1v) is 19.4. The third-order valence-corrected chi connectivity index (χ3v) is 12.4. The van der Waals surface area contributed by atoms with E-state index in [0.717, 1.165) is 33.1 Å². The van der Waals surface area contributed by atoms with E-state index in [1.165, 1.54) is 82.4 Å². The van der Waals surface area contributed by atoms with E-state index >= 15 is 0 Å². The molecule has 0 atom stereocenters. The lowest BCUT2D eigenvalue weighted by molar-refractivity contribution is 0.661. The smallest absolute Gasteiger partial charge is 0.0972 e. The van der Waals surface area contributed by atoms with E-state index in [1.54, 1.807) is 0 Å². The van der Waals surface area contributed by atoms with Gasteiger partial charge in [-0.3, -0.25) is 4.98 Å². The Kier molecular flexibility index (Phi) is 6.40. The fraction of sp³-hybridized carbons (Fsp3) is 0.0566. The molecule has 0 spiro atoms. The highest BCUT2D eigenvalue weighted by Gasteiger charge is 2.37. The summed E-state index contributed by atoms with van der Waals surface area (Å²) in [7, 11) is 0. The number of nitrogens with zero attached hydrogens (tertiary/aromatic N) is 3. The molecule has 56 heavy (non-hydrogen) atoms. The molecule has 3 heteroatoms. The van der Waals surface area contributed by atoms with Gasteiger partial charge in [-0.25, -0.2) is 4.98 Å². The van der Waals surface area contributed by atoms with E-state index in [4.69, 9.17) is 9.97 Å². The molecule has 0 N–H and O–H groups in total. The highest BCUT2D eigenvalue weighted by molar-refractivity contribution is 6.18. The third kappa shape index (κ3) is 4.34. The fourth-order valence-corrected chi connectivity index (χ4v) is 9.68. The Morgan fingerprint density at radius 2 is 1.14 bits per heavy atom. The summed E-state index contributed by atoms with van der Waals surface area (Å²) in [5.74, 6) is 0. The minimum absolute atomic E-state index is 0.186. The summed E-state index contributed by atoms with van der Waals surface area (Å²) in [4.78, 5) is 10.0. The molecule has 0 aliphatic heterocycles. The number of hydrogen-bond donors (Lipinski definition) is 0. The van der Waals surface area contributed by atoms with Crippen LogP contribution >= 0.6 is 0 Å². The Balaban J connectivity index is 1.07. The third-order valence-electron chi connectivity index (χ3n) is 12.4. The van der Waals surface area contributed by atoms with E-state index < -0.39 is 0 Å². The predicted molar refractivity (Wildman–Crippen MR) is 235 cm³/mol. The first kappa shape index (κ1) is 31.3. The fourth-order valence-electron chi connectivity index (χ4n) is 9.68. The van der Waals surface area contributed by atoms with Crippen molar-refractivity contribution in [1.82, 2.24) is 14.5 Å². The number of aromatic nitrogens is 3. The normalized spacial score (nSPS) is 13.3. The zero-order valence-electron chi connectivity index (χ0n) is 31.1. The number of rotatable bonds is 3. The molecule has 0 saturated heterocycles. The molecule has 262 valence electrons. The second kappa shape index (κ2) is 11.5. The number of pyridine rings is 2. The second-order valence-corrected chi connectivity index (χ2v) is 15.8. The minimum atomic E-state index is -0.186. The van der Waals surface area contributed by atoms with Crippen molar-refractivity contribution >= 4 is 65.2 Å². The van der Waals surface area contributed by atoms with Gasteiger partial charge in [0.15, 0.2) is 0 Å². The maximum atomic E-state index is 5.29. The van der Waals surface area contributed by atoms with Crippen LogP contribution in [0.25, 0.3) is 104 Å². The van der Waals surface area contributed by atoms with Gasteiger partial charge in [-0.1, -0.05) is 135 Å². The van der Waals surface area contributed by atoms with Crippen LogP contribution in [0.5, 0.6) is 0 Å². The maximum Gasteiger partial charge on any atom is 0.0972 e. The molecule has 1 aliphatic carbocycles. The van der Waals surface area contributed by atoms with Gasteiger partial charge in [0.05, 0.1) is 27.8 Å². The predicted octanol–water partition coefficient (Wildman–Crippen LogP) is 13.8. The largest absolute Gasteiger partial charge is 0.309 e. The van der Waals surface area contributed by atoms with Crippen molar-refractivity contribution in [3.05, 3.63) is 187 Å². The standard InChI is InChI=1S/C53H35N3/c1-53(2)45-29-35(21-23-39(45)43-31-49-44(30-46(43)53)41-16-8-9-17-48(41)56(49)36-13-4-3-5-14-36)38-25-26-40(42-24-20-32-11-6-7-15-37(32)50(38)42)47-27-22-34-19-18-33-12-10-28-54-51(33)52(34)55-47/h3-31H,1-2H3. The van der Waals surface area contributed by atoms with Crippen molar-refractivity contribution in [2.75, 3.05) is 0 Å². The van der Waals surface area contributed by atoms with Crippen molar-refractivity contribution in [3.63, 3.8) is 0 Å². The van der Waals surface area contributed by atoms with Crippen LogP contribution in [0.2, 0.25) is 0 Å². The molecule has 0 bridgehead atoms. The lowest BCUT2D eigenvalue weighted by atomic mass is 9.80. The Morgan fingerprint density at radius 3 is 2.04 bits per heavy atom. The summed E-state index contributed by atoms with van der Waals surface area (Å²) in [6, 6.07) is 62.2. The number of fused-ring (bicyclic) bond motifs is 12. The van der Waals surface area contributed by atoms with Crippen LogP contribution in [0.3, 0.4) is 0 Å². The van der Waals surface area contributed by atoms with Crippen LogP contribution < -0.4 is 0 Å². The Bertz CT molecular complexity index is 3440. The monoisotopic (exact) mass is 713 g/mol. The minimum Gasteiger partial charge on any atom is -0.309 e. The lowest BCUT2D eigenvalue weighted by Gasteiger charge is -2.23. The zero-order valence-corrected chi connectivity index (χ0v) is 31.1. The van der Waals surface area contributed by atoms with Crippen LogP contribution in [-0.2, 0) is 5.41 Å². The quantitative estimate of drug-likeness (QED) is 0.171. The van der Waals surface area contributed by atoms with Gasteiger partial charge >= 0.3 is 0 Å². The second-order valence-electron chi connectivity index (χ2n) is 15.8. The highest BCUT2D eigenvalue weighted by Crippen LogP contribution is 2.52. The summed E-state index contributed by atoms with van der Waals surface area (Å²) in [5.41, 5.74) is 15.2. The average molecular weight is 714 g/mol. The van der Waals surface area contributed by atoms with Crippen molar-refractivity contribution in [2.24, 2.45) is 0 Å². The molecular weight excluding hydrogens is 679 g/mol. The van der Waals surface area contributed by atoms with Gasteiger partial charge in [-0.2, -0.15) is 0 Å². The molecule has 11 aromatic rings. The van der Waals surface area contributed by atoms with Crippen LogP contribution in [0, 0.1) is 0 Å². The van der Waals surface area contributed by atoms with Gasteiger partial charge in [0, 0.05) is 44.4 Å². The van der Waals surface area contributed by atoms with Crippen LogP contribution in [0.4, 0.5) is 0 Å². The van der Waals surface area contributed by atoms with Crippen molar-refractivity contribution in [1.29, 1.82) is 0 Å². The summed E-state index contributed by atoms with van der Waals surface area (Å²) >= 11 is 0. The Labute approximate surface area is 324 Å². The van der Waals surface area contributed by atoms with Gasteiger partial charge in [0.25, 0.3) is 0 Å².